The first-order valence-electron chi connectivity index (χ1n) is 30.2. The molecule has 12 N–H and O–H groups in total. The van der Waals surface area contributed by atoms with E-state index in [1.165, 1.54) is 122 Å². The second kappa shape index (κ2) is 42.8. The van der Waals surface area contributed by atoms with E-state index in [2.05, 4.69) is 43.5 Å². The van der Waals surface area contributed by atoms with Crippen LogP contribution in [-0.4, -0.2) is 193 Å². The number of allylic oxidation sites excluding steroid dienone is 5. The zero-order chi connectivity index (χ0) is 56.9. The number of hydrogen-bond donors (Lipinski definition) is 12. The minimum absolute atomic E-state index is 0.235. The van der Waals surface area contributed by atoms with Gasteiger partial charge in [-0.2, -0.15) is 0 Å². The van der Waals surface area contributed by atoms with Crippen LogP contribution in [0.1, 0.15) is 200 Å². The van der Waals surface area contributed by atoms with E-state index >= 15 is 0 Å². The minimum Gasteiger partial charge on any atom is -0.394 e. The van der Waals surface area contributed by atoms with Crippen molar-refractivity contribution >= 4 is 5.91 Å². The van der Waals surface area contributed by atoms with Crippen molar-refractivity contribution in [3.8, 4) is 0 Å². The molecule has 17 atom stereocenters. The lowest BCUT2D eigenvalue weighted by Crippen LogP contribution is -2.66. The van der Waals surface area contributed by atoms with Crippen molar-refractivity contribution in [2.24, 2.45) is 0 Å². The average molecular weight is 1120 g/mol. The molecule has 0 spiro atoms. The highest BCUT2D eigenvalue weighted by atomic mass is 16.8. The lowest BCUT2D eigenvalue weighted by Gasteiger charge is -2.48. The first-order chi connectivity index (χ1) is 37.8. The molecular formula is C59H107NO18. The summed E-state index contributed by atoms with van der Waals surface area (Å²) in [6, 6.07) is -0.992. The van der Waals surface area contributed by atoms with Crippen LogP contribution in [0.2, 0.25) is 0 Å². The second-order valence-electron chi connectivity index (χ2n) is 21.8. The quantitative estimate of drug-likeness (QED) is 0.0271. The van der Waals surface area contributed by atoms with Gasteiger partial charge in [0.25, 0.3) is 0 Å². The average Bonchev–Trinajstić information content (AvgIpc) is 3.48. The van der Waals surface area contributed by atoms with E-state index in [1.807, 2.05) is 6.08 Å². The molecule has 0 aromatic rings. The SMILES string of the molecule is CCCCCCC/C=C/CC/C=C/CC/C=C/C(O)C(COC1OC(CO)C(OC2OC(CO)C(OC3OC(CO)C(O)C(O)C3O)C(O)C2O)C(O)C1O)NC(=O)CCCCCCCCCCCCCCCCCCCC. The number of carbonyl (C=O) groups excluding carboxylic acids is 1. The Morgan fingerprint density at radius 3 is 1.28 bits per heavy atom. The topological polar surface area (TPSA) is 307 Å². The van der Waals surface area contributed by atoms with Crippen LogP contribution in [0.4, 0.5) is 0 Å². The standard InChI is InChI=1S/C59H107NO18/c1-3-5-7-9-11-13-15-17-19-20-21-23-25-27-29-31-33-35-37-47(65)60-42(43(64)36-34-32-30-28-26-24-22-18-16-14-12-10-8-6-4-2)41-73-57-53(71)50(68)55(45(39-62)75-57)78-59-54(72)51(69)56(46(40-63)76-59)77-58-52(70)49(67)48(66)44(38-61)74-58/h16,18,26,28,34,36,42-46,48-59,61-64,66-72H,3-15,17,19-25,27,29-33,35,37-41H2,1-2H3,(H,60,65)/b18-16+,28-26+,36-34+. The first kappa shape index (κ1) is 70.3. The Morgan fingerprint density at radius 2 is 0.821 bits per heavy atom. The van der Waals surface area contributed by atoms with Gasteiger partial charge in [-0.15, -0.1) is 0 Å². The summed E-state index contributed by atoms with van der Waals surface area (Å²) in [5.74, 6) is -0.289. The predicted molar refractivity (Wildman–Crippen MR) is 296 cm³/mol. The lowest BCUT2D eigenvalue weighted by atomic mass is 9.96. The van der Waals surface area contributed by atoms with Gasteiger partial charge in [0.05, 0.1) is 38.6 Å². The molecule has 0 aromatic carbocycles. The van der Waals surface area contributed by atoms with Crippen LogP contribution in [0.25, 0.3) is 0 Å². The van der Waals surface area contributed by atoms with Gasteiger partial charge >= 0.3 is 0 Å². The van der Waals surface area contributed by atoms with E-state index in [0.717, 1.165) is 44.9 Å². The molecule has 3 fully saturated rings. The number of nitrogens with one attached hydrogen (secondary N) is 1. The number of rotatable bonds is 44. The van der Waals surface area contributed by atoms with Crippen LogP contribution < -0.4 is 5.32 Å². The predicted octanol–water partition coefficient (Wildman–Crippen LogP) is 5.32. The maximum absolute atomic E-state index is 13.3. The summed E-state index contributed by atoms with van der Waals surface area (Å²) in [5, 5.41) is 120. The van der Waals surface area contributed by atoms with Crippen molar-refractivity contribution in [1.82, 2.24) is 5.32 Å². The third-order valence-corrected chi connectivity index (χ3v) is 15.2. The molecule has 0 bridgehead atoms. The number of carbonyl (C=O) groups is 1. The maximum atomic E-state index is 13.3. The minimum atomic E-state index is -1.98. The highest BCUT2D eigenvalue weighted by Crippen LogP contribution is 2.33. The molecule has 0 radical (unpaired) electrons. The van der Waals surface area contributed by atoms with Gasteiger partial charge in [0.2, 0.25) is 5.91 Å². The van der Waals surface area contributed by atoms with Crippen LogP contribution >= 0.6 is 0 Å². The molecule has 1 amide bonds. The largest absolute Gasteiger partial charge is 0.394 e. The monoisotopic (exact) mass is 1120 g/mol. The van der Waals surface area contributed by atoms with Crippen LogP contribution in [0.3, 0.4) is 0 Å². The number of hydrogen-bond acceptors (Lipinski definition) is 18. The fourth-order valence-electron chi connectivity index (χ4n) is 10.2. The summed E-state index contributed by atoms with van der Waals surface area (Å²) < 4.78 is 34.2. The highest BCUT2D eigenvalue weighted by molar-refractivity contribution is 5.76. The Kier molecular flexibility index (Phi) is 38.5. The first-order valence-corrected chi connectivity index (χ1v) is 30.2. The molecular weight excluding hydrogens is 1010 g/mol. The Hall–Kier alpha value is -1.99. The number of ether oxygens (including phenoxy) is 6. The molecule has 19 nitrogen and oxygen atoms in total. The smallest absolute Gasteiger partial charge is 0.220 e. The van der Waals surface area contributed by atoms with Gasteiger partial charge in [-0.1, -0.05) is 185 Å². The van der Waals surface area contributed by atoms with Crippen molar-refractivity contribution in [2.75, 3.05) is 26.4 Å². The molecule has 19 heteroatoms. The number of aliphatic hydroxyl groups is 11. The fraction of sp³-hybridized carbons (Fsp3) is 0.881. The number of amides is 1. The zero-order valence-electron chi connectivity index (χ0n) is 47.4. The number of aliphatic hydroxyl groups excluding tert-OH is 11. The lowest BCUT2D eigenvalue weighted by molar-refractivity contribution is -0.379. The van der Waals surface area contributed by atoms with Gasteiger partial charge < -0.3 is 89.9 Å². The second-order valence-corrected chi connectivity index (χ2v) is 21.8. The van der Waals surface area contributed by atoms with Crippen LogP contribution in [0.15, 0.2) is 36.5 Å². The summed E-state index contributed by atoms with van der Waals surface area (Å²) in [5.41, 5.74) is 0. The molecule has 3 aliphatic rings. The van der Waals surface area contributed by atoms with E-state index in [4.69, 9.17) is 28.4 Å². The van der Waals surface area contributed by atoms with Crippen molar-refractivity contribution in [3.63, 3.8) is 0 Å². The van der Waals surface area contributed by atoms with Crippen molar-refractivity contribution in [2.45, 2.75) is 304 Å². The summed E-state index contributed by atoms with van der Waals surface area (Å²) in [4.78, 5) is 13.3. The van der Waals surface area contributed by atoms with E-state index < -0.39 is 124 Å². The Morgan fingerprint density at radius 1 is 0.449 bits per heavy atom. The molecule has 3 aliphatic heterocycles. The molecule has 3 saturated heterocycles. The molecule has 0 aromatic heterocycles. The van der Waals surface area contributed by atoms with Crippen LogP contribution in [0, 0.1) is 0 Å². The van der Waals surface area contributed by atoms with Gasteiger partial charge in [0.1, 0.15) is 73.2 Å². The molecule has 3 rings (SSSR count). The van der Waals surface area contributed by atoms with Crippen LogP contribution in [0.5, 0.6) is 0 Å². The Labute approximate surface area is 466 Å². The van der Waals surface area contributed by atoms with Crippen molar-refractivity contribution in [3.05, 3.63) is 36.5 Å². The van der Waals surface area contributed by atoms with E-state index in [-0.39, 0.29) is 18.9 Å². The summed E-state index contributed by atoms with van der Waals surface area (Å²) in [6.07, 6.45) is 18.4. The molecule has 78 heavy (non-hydrogen) atoms. The maximum Gasteiger partial charge on any atom is 0.220 e. The van der Waals surface area contributed by atoms with Crippen LogP contribution in [-0.2, 0) is 33.2 Å². The van der Waals surface area contributed by atoms with Gasteiger partial charge in [0, 0.05) is 6.42 Å². The fourth-order valence-corrected chi connectivity index (χ4v) is 10.2. The van der Waals surface area contributed by atoms with Gasteiger partial charge in [0.15, 0.2) is 18.9 Å². The third-order valence-electron chi connectivity index (χ3n) is 15.2. The van der Waals surface area contributed by atoms with E-state index in [1.54, 1.807) is 6.08 Å². The van der Waals surface area contributed by atoms with Gasteiger partial charge in [-0.05, 0) is 44.9 Å². The molecule has 17 unspecified atom stereocenters. The van der Waals surface area contributed by atoms with Crippen molar-refractivity contribution < 1.29 is 89.4 Å². The van der Waals surface area contributed by atoms with Gasteiger partial charge in [-0.25, -0.2) is 0 Å². The van der Waals surface area contributed by atoms with Crippen molar-refractivity contribution in [1.29, 1.82) is 0 Å². The number of unbranched alkanes of at least 4 members (excludes halogenated alkanes) is 24. The third kappa shape index (κ3) is 26.5. The normalized spacial score (nSPS) is 30.7. The van der Waals surface area contributed by atoms with E-state index in [0.29, 0.717) is 12.8 Å². The molecule has 3 heterocycles. The highest BCUT2D eigenvalue weighted by Gasteiger charge is 2.53. The zero-order valence-corrected chi connectivity index (χ0v) is 47.4. The summed E-state index contributed by atoms with van der Waals surface area (Å²) in [6.45, 7) is 1.68. The molecule has 0 aliphatic carbocycles. The Balaban J connectivity index is 1.52. The molecule has 456 valence electrons. The Bertz CT molecular complexity index is 1570. The summed E-state index contributed by atoms with van der Waals surface area (Å²) in [7, 11) is 0. The van der Waals surface area contributed by atoms with E-state index in [9.17, 15) is 61.0 Å². The van der Waals surface area contributed by atoms with Gasteiger partial charge in [-0.3, -0.25) is 4.79 Å². The summed E-state index contributed by atoms with van der Waals surface area (Å²) >= 11 is 0. The molecule has 0 saturated carbocycles.